The molecule has 8 rings (SSSR count). The standard InChI is InChI=1S/C37H43F2N7O4/c1-4-26-29(39)8-7-22-13-25(47)15-27(33(22)26)32-16-30-28(20-49-32)34(41-36(40-30)50-21-37-9-5-11-45(37)18-23(38)17-37)44-10-6-12-46-24(19-44)14-31(42-46)35(48)43(2)3/h7-8,13-15,23,32,47H,4-6,9-12,16-21H2,1-3H3/t23-,32?,37+/m1/s1. The van der Waals surface area contributed by atoms with Gasteiger partial charge in [0.25, 0.3) is 5.91 Å². The van der Waals surface area contributed by atoms with Gasteiger partial charge in [-0.25, -0.2) is 8.78 Å². The number of carbonyl (C=O) groups is 1. The van der Waals surface area contributed by atoms with Crippen LogP contribution in [0.2, 0.25) is 0 Å². The summed E-state index contributed by atoms with van der Waals surface area (Å²) in [5.41, 5.74) is 3.81. The van der Waals surface area contributed by atoms with Gasteiger partial charge in [-0.15, -0.1) is 0 Å². The van der Waals surface area contributed by atoms with Crippen molar-refractivity contribution in [3.05, 3.63) is 69.9 Å². The van der Waals surface area contributed by atoms with Gasteiger partial charge in [0.2, 0.25) is 0 Å². The van der Waals surface area contributed by atoms with Crippen LogP contribution in [0.15, 0.2) is 30.3 Å². The minimum atomic E-state index is -0.877. The average molecular weight is 688 g/mol. The first-order valence-corrected chi connectivity index (χ1v) is 17.6. The quantitative estimate of drug-likeness (QED) is 0.284. The maximum absolute atomic E-state index is 15.1. The number of benzene rings is 2. The van der Waals surface area contributed by atoms with Crippen molar-refractivity contribution < 1.29 is 28.2 Å². The number of aryl methyl sites for hydroxylation is 2. The van der Waals surface area contributed by atoms with Gasteiger partial charge < -0.3 is 24.4 Å². The van der Waals surface area contributed by atoms with E-state index >= 15 is 4.39 Å². The Labute approximate surface area is 289 Å². The molecule has 4 aliphatic rings. The highest BCUT2D eigenvalue weighted by Crippen LogP contribution is 2.43. The Morgan fingerprint density at radius 2 is 2.02 bits per heavy atom. The molecule has 1 N–H and O–H groups in total. The molecule has 2 aromatic heterocycles. The highest BCUT2D eigenvalue weighted by molar-refractivity contribution is 5.92. The van der Waals surface area contributed by atoms with Crippen molar-refractivity contribution in [2.45, 2.75) is 83.0 Å². The lowest BCUT2D eigenvalue weighted by atomic mass is 9.91. The number of fused-ring (bicyclic) bond motifs is 4. The summed E-state index contributed by atoms with van der Waals surface area (Å²) in [4.78, 5) is 28.6. The van der Waals surface area contributed by atoms with Gasteiger partial charge in [-0.3, -0.25) is 14.4 Å². The summed E-state index contributed by atoms with van der Waals surface area (Å²) in [6.07, 6.45) is 2.55. The second-order valence-corrected chi connectivity index (χ2v) is 14.4. The summed E-state index contributed by atoms with van der Waals surface area (Å²) in [6, 6.07) is 8.52. The Bertz CT molecular complexity index is 1970. The van der Waals surface area contributed by atoms with E-state index in [1.807, 2.05) is 17.7 Å². The molecular weight excluding hydrogens is 644 g/mol. The number of alkyl halides is 1. The van der Waals surface area contributed by atoms with Crippen LogP contribution in [0, 0.1) is 5.82 Å². The van der Waals surface area contributed by atoms with Gasteiger partial charge in [0.05, 0.1) is 36.2 Å². The van der Waals surface area contributed by atoms with Crippen molar-refractivity contribution in [3.63, 3.8) is 0 Å². The molecular formula is C37H43F2N7O4. The smallest absolute Gasteiger partial charge is 0.318 e. The minimum absolute atomic E-state index is 0.0827. The topological polar surface area (TPSA) is 109 Å². The first-order valence-electron chi connectivity index (χ1n) is 17.6. The molecule has 0 bridgehead atoms. The number of aromatic nitrogens is 4. The summed E-state index contributed by atoms with van der Waals surface area (Å²) in [7, 11) is 3.42. The number of ether oxygens (including phenoxy) is 2. The summed E-state index contributed by atoms with van der Waals surface area (Å²) in [5, 5.41) is 16.8. The molecule has 3 atom stereocenters. The summed E-state index contributed by atoms with van der Waals surface area (Å²) in [5.74, 6) is 0.330. The molecule has 2 fully saturated rings. The van der Waals surface area contributed by atoms with E-state index in [-0.39, 0.29) is 35.6 Å². The maximum atomic E-state index is 15.1. The molecule has 264 valence electrons. The first-order chi connectivity index (χ1) is 24.1. The normalized spacial score (nSPS) is 23.4. The Kier molecular flexibility index (Phi) is 8.37. The summed E-state index contributed by atoms with van der Waals surface area (Å²) >= 11 is 0. The van der Waals surface area contributed by atoms with Gasteiger partial charge >= 0.3 is 6.01 Å². The number of aromatic hydroxyl groups is 1. The Hall–Kier alpha value is -4.36. The number of carbonyl (C=O) groups excluding carboxylic acids is 1. The van der Waals surface area contributed by atoms with Crippen molar-refractivity contribution in [2.75, 3.05) is 45.2 Å². The van der Waals surface area contributed by atoms with E-state index in [0.717, 1.165) is 53.5 Å². The Morgan fingerprint density at radius 3 is 2.84 bits per heavy atom. The van der Waals surface area contributed by atoms with Crippen molar-refractivity contribution in [1.82, 2.24) is 29.5 Å². The van der Waals surface area contributed by atoms with E-state index in [1.54, 1.807) is 32.3 Å². The van der Waals surface area contributed by atoms with Gasteiger partial charge in [0.1, 0.15) is 30.2 Å². The minimum Gasteiger partial charge on any atom is -0.508 e. The zero-order valence-corrected chi connectivity index (χ0v) is 28.8. The Morgan fingerprint density at radius 1 is 1.16 bits per heavy atom. The number of nitrogens with zero attached hydrogens (tertiary/aromatic N) is 7. The third-order valence-electron chi connectivity index (χ3n) is 10.9. The SMILES string of the molecule is CCc1c(F)ccc2cc(O)cc(C3Cc4nc(OC[C@@]56CCCN5C[C@H](F)C6)nc(N5CCCn6nc(C(=O)N(C)C)cc6C5)c4CO3)c12. The van der Waals surface area contributed by atoms with Gasteiger partial charge in [-0.2, -0.15) is 15.1 Å². The molecule has 2 aromatic carbocycles. The van der Waals surface area contributed by atoms with Gasteiger partial charge in [0, 0.05) is 52.1 Å². The highest BCUT2D eigenvalue weighted by Gasteiger charge is 2.49. The average Bonchev–Trinajstić information content (AvgIpc) is 3.73. The summed E-state index contributed by atoms with van der Waals surface area (Å²) < 4.78 is 44.5. The summed E-state index contributed by atoms with van der Waals surface area (Å²) in [6.45, 7) is 5.51. The first kappa shape index (κ1) is 32.8. The molecule has 50 heavy (non-hydrogen) atoms. The fourth-order valence-electron chi connectivity index (χ4n) is 8.51. The fourth-order valence-corrected chi connectivity index (χ4v) is 8.51. The van der Waals surface area contributed by atoms with Crippen LogP contribution >= 0.6 is 0 Å². The van der Waals surface area contributed by atoms with E-state index in [1.165, 1.54) is 11.0 Å². The molecule has 1 unspecified atom stereocenters. The van der Waals surface area contributed by atoms with Gasteiger partial charge in [0.15, 0.2) is 5.69 Å². The van der Waals surface area contributed by atoms with E-state index in [2.05, 4.69) is 14.9 Å². The van der Waals surface area contributed by atoms with Crippen LogP contribution in [0.25, 0.3) is 10.8 Å². The third kappa shape index (κ3) is 5.73. The van der Waals surface area contributed by atoms with Gasteiger partial charge in [-0.1, -0.05) is 13.0 Å². The van der Waals surface area contributed by atoms with Crippen LogP contribution in [0.3, 0.4) is 0 Å². The van der Waals surface area contributed by atoms with Crippen molar-refractivity contribution in [2.24, 2.45) is 0 Å². The number of rotatable bonds is 7. The third-order valence-corrected chi connectivity index (χ3v) is 10.9. The number of hydrogen-bond acceptors (Lipinski definition) is 9. The molecule has 4 aromatic rings. The van der Waals surface area contributed by atoms with Crippen LogP contribution < -0.4 is 9.64 Å². The molecule has 0 aliphatic carbocycles. The second-order valence-electron chi connectivity index (χ2n) is 14.4. The molecule has 4 aliphatic heterocycles. The van der Waals surface area contributed by atoms with Crippen LogP contribution in [-0.4, -0.2) is 92.6 Å². The van der Waals surface area contributed by atoms with Gasteiger partial charge in [-0.05, 0) is 78.4 Å². The Balaban J connectivity index is 1.17. The number of phenolic OH excluding ortho intramolecular Hbond substituents is 1. The van der Waals surface area contributed by atoms with E-state index < -0.39 is 12.3 Å². The molecule has 1 amide bonds. The van der Waals surface area contributed by atoms with Crippen molar-refractivity contribution in [3.8, 4) is 11.8 Å². The maximum Gasteiger partial charge on any atom is 0.318 e. The largest absolute Gasteiger partial charge is 0.508 e. The zero-order chi connectivity index (χ0) is 34.7. The fraction of sp³-hybridized carbons (Fsp3) is 0.514. The van der Waals surface area contributed by atoms with E-state index in [9.17, 15) is 14.3 Å². The molecule has 11 nitrogen and oxygen atoms in total. The second kappa shape index (κ2) is 12.8. The lowest BCUT2D eigenvalue weighted by Gasteiger charge is -2.33. The van der Waals surface area contributed by atoms with Crippen LogP contribution in [-0.2, 0) is 37.3 Å². The van der Waals surface area contributed by atoms with Crippen LogP contribution in [0.5, 0.6) is 11.8 Å². The molecule has 0 spiro atoms. The predicted molar refractivity (Wildman–Crippen MR) is 183 cm³/mol. The highest BCUT2D eigenvalue weighted by atomic mass is 19.1. The number of anilines is 1. The molecule has 2 saturated heterocycles. The monoisotopic (exact) mass is 687 g/mol. The predicted octanol–water partition coefficient (Wildman–Crippen LogP) is 5.11. The van der Waals surface area contributed by atoms with E-state index in [4.69, 9.17) is 19.4 Å². The van der Waals surface area contributed by atoms with Crippen molar-refractivity contribution in [1.29, 1.82) is 0 Å². The number of halogens is 2. The molecule has 0 radical (unpaired) electrons. The molecule has 0 saturated carbocycles. The zero-order valence-electron chi connectivity index (χ0n) is 28.8. The van der Waals surface area contributed by atoms with Crippen LogP contribution in [0.1, 0.15) is 77.3 Å². The number of phenols is 1. The number of hydrogen-bond donors (Lipinski definition) is 1. The lowest BCUT2D eigenvalue weighted by molar-refractivity contribution is 0.0262. The lowest BCUT2D eigenvalue weighted by Crippen LogP contribution is -2.43. The molecule has 6 heterocycles. The van der Waals surface area contributed by atoms with Crippen LogP contribution in [0.4, 0.5) is 14.6 Å². The van der Waals surface area contributed by atoms with E-state index in [0.29, 0.717) is 74.7 Å². The molecule has 13 heteroatoms. The van der Waals surface area contributed by atoms with Crippen molar-refractivity contribution >= 4 is 22.5 Å². The number of amides is 1.